The second kappa shape index (κ2) is 7.35. The number of benzene rings is 2. The molecule has 0 bridgehead atoms. The standard InChI is InChI=1S/C22H15F3N4OS/c1-13-12-31-21(26-13)20-27-19(11-17-9-14-5-2-3-8-18(14)30-17)29(28-20)16-7-4-6-15(10-16)22(23,24)25/h2-10,12H,11H2,1H3. The maximum atomic E-state index is 13.3. The number of nitrogens with zero attached hydrogens (tertiary/aromatic N) is 4. The molecule has 2 aromatic carbocycles. The topological polar surface area (TPSA) is 56.7 Å². The Kier molecular flexibility index (Phi) is 4.62. The van der Waals surface area contributed by atoms with Crippen molar-refractivity contribution in [2.24, 2.45) is 0 Å². The van der Waals surface area contributed by atoms with E-state index >= 15 is 0 Å². The van der Waals surface area contributed by atoms with E-state index in [4.69, 9.17) is 4.42 Å². The number of thiazole rings is 1. The highest BCUT2D eigenvalue weighted by Gasteiger charge is 2.31. The molecular weight excluding hydrogens is 425 g/mol. The molecule has 156 valence electrons. The molecule has 0 saturated carbocycles. The van der Waals surface area contributed by atoms with E-state index < -0.39 is 11.7 Å². The second-order valence-electron chi connectivity index (χ2n) is 7.03. The normalized spacial score (nSPS) is 12.0. The highest BCUT2D eigenvalue weighted by molar-refractivity contribution is 7.13. The first-order valence-electron chi connectivity index (χ1n) is 9.40. The van der Waals surface area contributed by atoms with Gasteiger partial charge < -0.3 is 4.42 Å². The van der Waals surface area contributed by atoms with E-state index in [1.165, 1.54) is 22.1 Å². The van der Waals surface area contributed by atoms with E-state index in [9.17, 15) is 13.2 Å². The summed E-state index contributed by atoms with van der Waals surface area (Å²) < 4.78 is 47.1. The number of hydrogen-bond donors (Lipinski definition) is 0. The minimum Gasteiger partial charge on any atom is -0.461 e. The minimum absolute atomic E-state index is 0.266. The summed E-state index contributed by atoms with van der Waals surface area (Å²) in [5, 5.41) is 7.90. The molecule has 0 aliphatic rings. The van der Waals surface area contributed by atoms with Crippen LogP contribution < -0.4 is 0 Å². The zero-order valence-corrected chi connectivity index (χ0v) is 17.0. The third-order valence-corrected chi connectivity index (χ3v) is 5.67. The largest absolute Gasteiger partial charge is 0.461 e. The summed E-state index contributed by atoms with van der Waals surface area (Å²) in [6.45, 7) is 1.86. The summed E-state index contributed by atoms with van der Waals surface area (Å²) in [5.74, 6) is 1.46. The van der Waals surface area contributed by atoms with Crippen LogP contribution in [0.3, 0.4) is 0 Å². The number of rotatable bonds is 4. The van der Waals surface area contributed by atoms with Gasteiger partial charge >= 0.3 is 6.18 Å². The predicted molar refractivity (Wildman–Crippen MR) is 111 cm³/mol. The lowest BCUT2D eigenvalue weighted by Gasteiger charge is -2.10. The van der Waals surface area contributed by atoms with E-state index in [1.54, 1.807) is 6.07 Å². The van der Waals surface area contributed by atoms with Gasteiger partial charge in [0.2, 0.25) is 5.82 Å². The summed E-state index contributed by atoms with van der Waals surface area (Å²) in [6, 6.07) is 14.5. The molecule has 0 radical (unpaired) electrons. The SMILES string of the molecule is Cc1csc(-c2nc(Cc3cc4ccccc4o3)n(-c3cccc(C(F)(F)F)c3)n2)n1. The van der Waals surface area contributed by atoms with Crippen molar-refractivity contribution in [3.05, 3.63) is 82.8 Å². The van der Waals surface area contributed by atoms with Crippen molar-refractivity contribution in [3.63, 3.8) is 0 Å². The number of furan rings is 1. The van der Waals surface area contributed by atoms with Gasteiger partial charge in [0.1, 0.15) is 17.2 Å². The molecule has 0 aliphatic carbocycles. The average Bonchev–Trinajstić information content (AvgIpc) is 3.45. The monoisotopic (exact) mass is 440 g/mol. The molecule has 5 rings (SSSR count). The lowest BCUT2D eigenvalue weighted by molar-refractivity contribution is -0.137. The number of para-hydroxylation sites is 1. The van der Waals surface area contributed by atoms with E-state index in [0.29, 0.717) is 22.4 Å². The first kappa shape index (κ1) is 19.5. The van der Waals surface area contributed by atoms with Crippen LogP contribution >= 0.6 is 11.3 Å². The van der Waals surface area contributed by atoms with Crippen LogP contribution in [0.2, 0.25) is 0 Å². The molecule has 0 unspecified atom stereocenters. The highest BCUT2D eigenvalue weighted by Crippen LogP contribution is 2.31. The first-order valence-corrected chi connectivity index (χ1v) is 10.3. The Labute approximate surface area is 178 Å². The molecule has 31 heavy (non-hydrogen) atoms. The lowest BCUT2D eigenvalue weighted by atomic mass is 10.2. The smallest absolute Gasteiger partial charge is 0.416 e. The molecule has 0 aliphatic heterocycles. The van der Waals surface area contributed by atoms with Gasteiger partial charge in [-0.05, 0) is 37.3 Å². The fourth-order valence-corrected chi connectivity index (χ4v) is 4.03. The maximum Gasteiger partial charge on any atom is 0.416 e. The summed E-state index contributed by atoms with van der Waals surface area (Å²) in [4.78, 5) is 8.99. The van der Waals surface area contributed by atoms with Crippen LogP contribution in [0.5, 0.6) is 0 Å². The Morgan fingerprint density at radius 1 is 1.03 bits per heavy atom. The van der Waals surface area contributed by atoms with Crippen LogP contribution in [-0.2, 0) is 12.6 Å². The van der Waals surface area contributed by atoms with Crippen molar-refractivity contribution in [1.82, 2.24) is 19.7 Å². The van der Waals surface area contributed by atoms with E-state index in [-0.39, 0.29) is 12.1 Å². The van der Waals surface area contributed by atoms with Crippen molar-refractivity contribution in [2.75, 3.05) is 0 Å². The van der Waals surface area contributed by atoms with Crippen LogP contribution in [-0.4, -0.2) is 19.7 Å². The Bertz CT molecular complexity index is 1350. The van der Waals surface area contributed by atoms with Gasteiger partial charge in [0.15, 0.2) is 5.01 Å². The maximum absolute atomic E-state index is 13.3. The Morgan fingerprint density at radius 3 is 2.61 bits per heavy atom. The van der Waals surface area contributed by atoms with Gasteiger partial charge in [-0.1, -0.05) is 24.3 Å². The van der Waals surface area contributed by atoms with Crippen LogP contribution in [0, 0.1) is 6.92 Å². The number of halogens is 3. The lowest BCUT2D eigenvalue weighted by Crippen LogP contribution is -2.08. The van der Waals surface area contributed by atoms with Crippen molar-refractivity contribution in [2.45, 2.75) is 19.5 Å². The molecule has 3 heterocycles. The third-order valence-electron chi connectivity index (χ3n) is 4.71. The molecule has 0 fully saturated rings. The quantitative estimate of drug-likeness (QED) is 0.341. The molecule has 0 N–H and O–H groups in total. The van der Waals surface area contributed by atoms with Crippen LogP contribution in [0.15, 0.2) is 64.4 Å². The van der Waals surface area contributed by atoms with Gasteiger partial charge in [-0.25, -0.2) is 14.6 Å². The van der Waals surface area contributed by atoms with E-state index in [2.05, 4.69) is 15.1 Å². The molecule has 0 saturated heterocycles. The highest BCUT2D eigenvalue weighted by atomic mass is 32.1. The number of hydrogen-bond acceptors (Lipinski definition) is 5. The number of fused-ring (bicyclic) bond motifs is 1. The first-order chi connectivity index (χ1) is 14.9. The van der Waals surface area contributed by atoms with Gasteiger partial charge in [0, 0.05) is 16.5 Å². The van der Waals surface area contributed by atoms with Crippen molar-refractivity contribution >= 4 is 22.3 Å². The Balaban J connectivity index is 1.61. The minimum atomic E-state index is -4.45. The van der Waals surface area contributed by atoms with Crippen LogP contribution in [0.4, 0.5) is 13.2 Å². The zero-order chi connectivity index (χ0) is 21.6. The van der Waals surface area contributed by atoms with Crippen molar-refractivity contribution < 1.29 is 17.6 Å². The number of alkyl halides is 3. The predicted octanol–water partition coefficient (Wildman–Crippen LogP) is 6.06. The zero-order valence-electron chi connectivity index (χ0n) is 16.2. The van der Waals surface area contributed by atoms with Gasteiger partial charge in [-0.15, -0.1) is 16.4 Å². The van der Waals surface area contributed by atoms with E-state index in [1.807, 2.05) is 42.6 Å². The Hall–Kier alpha value is -3.46. The van der Waals surface area contributed by atoms with Crippen molar-refractivity contribution in [3.8, 4) is 16.5 Å². The van der Waals surface area contributed by atoms with Crippen molar-refractivity contribution in [1.29, 1.82) is 0 Å². The summed E-state index contributed by atoms with van der Waals surface area (Å²) in [7, 11) is 0. The molecule has 5 aromatic rings. The van der Waals surface area contributed by atoms with Gasteiger partial charge in [0.25, 0.3) is 0 Å². The molecular formula is C22H15F3N4OS. The number of aromatic nitrogens is 4. The third kappa shape index (κ3) is 3.84. The molecule has 0 spiro atoms. The molecule has 9 heteroatoms. The second-order valence-corrected chi connectivity index (χ2v) is 7.89. The summed E-state index contributed by atoms with van der Waals surface area (Å²) in [6.07, 6.45) is -4.19. The fraction of sp³-hybridized carbons (Fsp3) is 0.136. The molecule has 0 amide bonds. The van der Waals surface area contributed by atoms with Gasteiger partial charge in [-0.2, -0.15) is 13.2 Å². The van der Waals surface area contributed by atoms with Gasteiger partial charge in [0.05, 0.1) is 17.7 Å². The molecule has 0 atom stereocenters. The molecule has 5 nitrogen and oxygen atoms in total. The summed E-state index contributed by atoms with van der Waals surface area (Å²) in [5.41, 5.74) is 1.09. The number of aryl methyl sites for hydroxylation is 1. The summed E-state index contributed by atoms with van der Waals surface area (Å²) >= 11 is 1.38. The van der Waals surface area contributed by atoms with Gasteiger partial charge in [-0.3, -0.25) is 0 Å². The molecule has 3 aromatic heterocycles. The van der Waals surface area contributed by atoms with Crippen LogP contribution in [0.25, 0.3) is 27.5 Å². The van der Waals surface area contributed by atoms with Crippen LogP contribution in [0.1, 0.15) is 22.8 Å². The van der Waals surface area contributed by atoms with E-state index in [0.717, 1.165) is 28.8 Å². The average molecular weight is 440 g/mol. The Morgan fingerprint density at radius 2 is 1.87 bits per heavy atom. The fourth-order valence-electron chi connectivity index (χ4n) is 3.31.